The average molecular weight is 311 g/mol. The minimum Gasteiger partial charge on any atom is -0.323 e. The number of hydrogen-bond donors (Lipinski definition) is 1. The van der Waals surface area contributed by atoms with Crippen molar-refractivity contribution in [2.45, 2.75) is 0 Å². The fourth-order valence-corrected chi connectivity index (χ4v) is 2.35. The molecular weight excluding hydrogens is 298 g/mol. The molecule has 0 bridgehead atoms. The Balaban J connectivity index is 1.92. The molecule has 1 aromatic heterocycles. The van der Waals surface area contributed by atoms with Crippen molar-refractivity contribution in [3.63, 3.8) is 0 Å². The second-order valence-corrected chi connectivity index (χ2v) is 5.26. The lowest BCUT2D eigenvalue weighted by molar-refractivity contribution is -0.128. The van der Waals surface area contributed by atoms with E-state index in [-0.39, 0.29) is 10.7 Å². The minimum atomic E-state index is -0.472. The molecule has 0 spiro atoms. The maximum absolute atomic E-state index is 12.1. The van der Waals surface area contributed by atoms with Crippen molar-refractivity contribution in [2.24, 2.45) is 0 Å². The number of likely N-dealkylation sites (N-methyl/N-ethyl adjacent to an activating group) is 1. The molecule has 110 valence electrons. The maximum atomic E-state index is 12.1. The Labute approximate surface area is 132 Å². The fourth-order valence-electron chi connectivity index (χ4n) is 2.17. The Bertz CT molecular complexity index is 793. The third-order valence-electron chi connectivity index (χ3n) is 3.39. The molecule has 1 aromatic carbocycles. The van der Waals surface area contributed by atoms with E-state index in [0.717, 1.165) is 11.3 Å². The summed E-state index contributed by atoms with van der Waals surface area (Å²) in [5.41, 5.74) is 1.84. The van der Waals surface area contributed by atoms with E-state index in [1.807, 2.05) is 53.4 Å². The molecule has 1 aliphatic heterocycles. The molecular formula is C16H13N3O2S. The summed E-state index contributed by atoms with van der Waals surface area (Å²) in [7, 11) is 1.53. The second kappa shape index (κ2) is 5.57. The van der Waals surface area contributed by atoms with Crippen molar-refractivity contribution >= 4 is 35.2 Å². The lowest BCUT2D eigenvalue weighted by Crippen LogP contribution is -2.52. The van der Waals surface area contributed by atoms with E-state index in [1.54, 1.807) is 6.08 Å². The predicted molar refractivity (Wildman–Crippen MR) is 87.3 cm³/mol. The van der Waals surface area contributed by atoms with Crippen molar-refractivity contribution in [3.8, 4) is 5.69 Å². The number of nitrogens with one attached hydrogen (secondary N) is 1. The quantitative estimate of drug-likeness (QED) is 0.522. The zero-order chi connectivity index (χ0) is 15.7. The van der Waals surface area contributed by atoms with Crippen molar-refractivity contribution < 1.29 is 9.59 Å². The summed E-state index contributed by atoms with van der Waals surface area (Å²) in [4.78, 5) is 25.3. The highest BCUT2D eigenvalue weighted by molar-refractivity contribution is 7.80. The van der Waals surface area contributed by atoms with Crippen LogP contribution in [0, 0.1) is 0 Å². The number of amides is 2. The zero-order valence-corrected chi connectivity index (χ0v) is 12.6. The highest BCUT2D eigenvalue weighted by atomic mass is 32.1. The molecule has 0 radical (unpaired) electrons. The van der Waals surface area contributed by atoms with Crippen LogP contribution in [0.4, 0.5) is 0 Å². The van der Waals surface area contributed by atoms with Crippen molar-refractivity contribution in [1.29, 1.82) is 0 Å². The third kappa shape index (κ3) is 2.56. The molecule has 5 nitrogen and oxygen atoms in total. The van der Waals surface area contributed by atoms with Crippen LogP contribution >= 0.6 is 12.2 Å². The number of hydrogen-bond acceptors (Lipinski definition) is 3. The molecule has 1 aliphatic rings. The van der Waals surface area contributed by atoms with E-state index < -0.39 is 11.8 Å². The summed E-state index contributed by atoms with van der Waals surface area (Å²) < 4.78 is 1.92. The molecule has 1 saturated heterocycles. The van der Waals surface area contributed by atoms with Crippen molar-refractivity contribution in [2.75, 3.05) is 7.05 Å². The average Bonchev–Trinajstić information content (AvgIpc) is 2.99. The molecule has 6 heteroatoms. The number of carbonyl (C=O) groups is 2. The van der Waals surface area contributed by atoms with Crippen LogP contribution < -0.4 is 5.32 Å². The lowest BCUT2D eigenvalue weighted by atomic mass is 10.1. The number of benzene rings is 1. The molecule has 0 unspecified atom stereocenters. The SMILES string of the molecule is CN1C(=O)/C(=C\c2ccn(-c3ccccc3)c2)C(=O)NC1=S. The number of aromatic nitrogens is 1. The zero-order valence-electron chi connectivity index (χ0n) is 11.8. The van der Waals surface area contributed by atoms with Gasteiger partial charge in [-0.15, -0.1) is 0 Å². The Morgan fingerprint density at radius 2 is 1.86 bits per heavy atom. The van der Waals surface area contributed by atoms with Gasteiger partial charge in [0.25, 0.3) is 11.8 Å². The first-order valence-electron chi connectivity index (χ1n) is 6.65. The predicted octanol–water partition coefficient (Wildman–Crippen LogP) is 1.73. The third-order valence-corrected chi connectivity index (χ3v) is 3.76. The summed E-state index contributed by atoms with van der Waals surface area (Å²) in [6.45, 7) is 0. The van der Waals surface area contributed by atoms with E-state index in [9.17, 15) is 9.59 Å². The van der Waals surface area contributed by atoms with Crippen molar-refractivity contribution in [1.82, 2.24) is 14.8 Å². The van der Waals surface area contributed by atoms with Gasteiger partial charge >= 0.3 is 0 Å². The number of nitrogens with zero attached hydrogens (tertiary/aromatic N) is 2. The molecule has 2 aromatic rings. The van der Waals surface area contributed by atoms with E-state index in [0.29, 0.717) is 0 Å². The molecule has 1 fully saturated rings. The molecule has 2 amide bonds. The summed E-state index contributed by atoms with van der Waals surface area (Å²) in [6, 6.07) is 11.6. The van der Waals surface area contributed by atoms with Crippen LogP contribution in [0.15, 0.2) is 54.4 Å². The van der Waals surface area contributed by atoms with E-state index in [4.69, 9.17) is 12.2 Å². The van der Waals surface area contributed by atoms with Crippen LogP contribution in [-0.4, -0.2) is 33.4 Å². The van der Waals surface area contributed by atoms with Crippen LogP contribution in [0.25, 0.3) is 11.8 Å². The Hall–Kier alpha value is -2.73. The van der Waals surface area contributed by atoms with E-state index in [2.05, 4.69) is 5.32 Å². The monoisotopic (exact) mass is 311 g/mol. The Morgan fingerprint density at radius 3 is 2.59 bits per heavy atom. The Morgan fingerprint density at radius 1 is 1.14 bits per heavy atom. The van der Waals surface area contributed by atoms with Gasteiger partial charge in [-0.25, -0.2) is 0 Å². The molecule has 0 atom stereocenters. The van der Waals surface area contributed by atoms with Gasteiger partial charge in [0.05, 0.1) is 0 Å². The maximum Gasteiger partial charge on any atom is 0.265 e. The summed E-state index contributed by atoms with van der Waals surface area (Å²) >= 11 is 4.91. The number of carbonyl (C=O) groups excluding carboxylic acids is 2. The van der Waals surface area contributed by atoms with Gasteiger partial charge in [-0.3, -0.25) is 19.8 Å². The first kappa shape index (κ1) is 14.2. The van der Waals surface area contributed by atoms with Gasteiger partial charge in [0, 0.05) is 25.1 Å². The van der Waals surface area contributed by atoms with Gasteiger partial charge in [-0.05, 0) is 42.1 Å². The van der Waals surface area contributed by atoms with E-state index in [1.165, 1.54) is 11.9 Å². The van der Waals surface area contributed by atoms with Crippen LogP contribution in [-0.2, 0) is 9.59 Å². The summed E-state index contributed by atoms with van der Waals surface area (Å²) in [5, 5.41) is 2.61. The summed E-state index contributed by atoms with van der Waals surface area (Å²) in [5.74, 6) is -0.873. The number of thiocarbonyl (C=S) groups is 1. The molecule has 2 heterocycles. The van der Waals surface area contributed by atoms with Crippen LogP contribution in [0.5, 0.6) is 0 Å². The topological polar surface area (TPSA) is 54.3 Å². The normalized spacial score (nSPS) is 17.0. The van der Waals surface area contributed by atoms with Gasteiger partial charge < -0.3 is 4.57 Å². The highest BCUT2D eigenvalue weighted by Crippen LogP contribution is 2.16. The standard InChI is InChI=1S/C16H13N3O2S/c1-18-15(21)13(14(20)17-16(18)22)9-11-7-8-19(10-11)12-5-3-2-4-6-12/h2-10H,1H3,(H,17,20,22)/b13-9-. The van der Waals surface area contributed by atoms with E-state index >= 15 is 0 Å². The van der Waals surface area contributed by atoms with Crippen molar-refractivity contribution in [3.05, 3.63) is 59.9 Å². The van der Waals surface area contributed by atoms with Gasteiger partial charge in [0.15, 0.2) is 5.11 Å². The van der Waals surface area contributed by atoms with Crippen LogP contribution in [0.1, 0.15) is 5.56 Å². The minimum absolute atomic E-state index is 0.0712. The smallest absolute Gasteiger partial charge is 0.265 e. The van der Waals surface area contributed by atoms with Crippen LogP contribution in [0.2, 0.25) is 0 Å². The van der Waals surface area contributed by atoms with Crippen LogP contribution in [0.3, 0.4) is 0 Å². The number of para-hydroxylation sites is 1. The first-order chi connectivity index (χ1) is 10.6. The second-order valence-electron chi connectivity index (χ2n) is 4.87. The molecule has 3 rings (SSSR count). The molecule has 0 saturated carbocycles. The van der Waals surface area contributed by atoms with Gasteiger partial charge in [0.1, 0.15) is 5.57 Å². The Kier molecular flexibility index (Phi) is 3.60. The number of rotatable bonds is 2. The van der Waals surface area contributed by atoms with Gasteiger partial charge in [0.2, 0.25) is 0 Å². The van der Waals surface area contributed by atoms with Gasteiger partial charge in [-0.1, -0.05) is 18.2 Å². The van der Waals surface area contributed by atoms with Gasteiger partial charge in [-0.2, -0.15) is 0 Å². The molecule has 1 N–H and O–H groups in total. The molecule has 0 aliphatic carbocycles. The lowest BCUT2D eigenvalue weighted by Gasteiger charge is -2.24. The largest absolute Gasteiger partial charge is 0.323 e. The molecule has 22 heavy (non-hydrogen) atoms. The highest BCUT2D eigenvalue weighted by Gasteiger charge is 2.30. The summed E-state index contributed by atoms with van der Waals surface area (Å²) in [6.07, 6.45) is 5.30. The fraction of sp³-hybridized carbons (Fsp3) is 0.0625. The first-order valence-corrected chi connectivity index (χ1v) is 7.05.